The van der Waals surface area contributed by atoms with E-state index in [0.29, 0.717) is 6.61 Å². The van der Waals surface area contributed by atoms with E-state index in [2.05, 4.69) is 12.2 Å². The van der Waals surface area contributed by atoms with Crippen molar-refractivity contribution in [1.29, 1.82) is 0 Å². The molecule has 0 aromatic heterocycles. The highest BCUT2D eigenvalue weighted by molar-refractivity contribution is 5.71. The van der Waals surface area contributed by atoms with E-state index in [1.165, 1.54) is 0 Å². The molecular formula is C12H23NO3. The molecule has 1 rings (SSSR count). The molecule has 0 atom stereocenters. The van der Waals surface area contributed by atoms with Crippen molar-refractivity contribution in [3.05, 3.63) is 0 Å². The standard InChI is InChI=1S/C12H23NO3/c1-2-3-8-16-11(15)9-13-12(10-14)6-4-5-7-12/h13-14H,2-10H2,1H3. The second kappa shape index (κ2) is 6.86. The van der Waals surface area contributed by atoms with E-state index in [0.717, 1.165) is 38.5 Å². The minimum Gasteiger partial charge on any atom is -0.465 e. The summed E-state index contributed by atoms with van der Waals surface area (Å²) in [4.78, 5) is 11.4. The van der Waals surface area contributed by atoms with Crippen molar-refractivity contribution in [3.8, 4) is 0 Å². The lowest BCUT2D eigenvalue weighted by atomic mass is 9.99. The summed E-state index contributed by atoms with van der Waals surface area (Å²) in [5.74, 6) is -0.215. The van der Waals surface area contributed by atoms with Crippen LogP contribution in [0, 0.1) is 0 Å². The molecule has 0 amide bonds. The van der Waals surface area contributed by atoms with Gasteiger partial charge in [0, 0.05) is 5.54 Å². The van der Waals surface area contributed by atoms with E-state index in [9.17, 15) is 9.90 Å². The molecule has 0 saturated heterocycles. The highest BCUT2D eigenvalue weighted by atomic mass is 16.5. The molecule has 16 heavy (non-hydrogen) atoms. The van der Waals surface area contributed by atoms with Crippen LogP contribution in [0.15, 0.2) is 0 Å². The van der Waals surface area contributed by atoms with Crippen molar-refractivity contribution in [1.82, 2.24) is 5.32 Å². The van der Waals surface area contributed by atoms with Crippen molar-refractivity contribution in [2.24, 2.45) is 0 Å². The second-order valence-corrected chi connectivity index (χ2v) is 4.57. The molecule has 1 aliphatic carbocycles. The predicted molar refractivity (Wildman–Crippen MR) is 62.2 cm³/mol. The van der Waals surface area contributed by atoms with Gasteiger partial charge < -0.3 is 9.84 Å². The van der Waals surface area contributed by atoms with Gasteiger partial charge in [0.15, 0.2) is 0 Å². The molecule has 0 unspecified atom stereocenters. The number of rotatable bonds is 7. The molecule has 4 heteroatoms. The summed E-state index contributed by atoms with van der Waals surface area (Å²) in [7, 11) is 0. The first kappa shape index (κ1) is 13.5. The molecule has 0 spiro atoms. The van der Waals surface area contributed by atoms with Crippen molar-refractivity contribution in [3.63, 3.8) is 0 Å². The van der Waals surface area contributed by atoms with E-state index >= 15 is 0 Å². The molecule has 1 aliphatic rings. The number of nitrogens with one attached hydrogen (secondary N) is 1. The average molecular weight is 229 g/mol. The van der Waals surface area contributed by atoms with Gasteiger partial charge >= 0.3 is 5.97 Å². The molecule has 1 saturated carbocycles. The highest BCUT2D eigenvalue weighted by Crippen LogP contribution is 2.28. The van der Waals surface area contributed by atoms with Crippen molar-refractivity contribution >= 4 is 5.97 Å². The van der Waals surface area contributed by atoms with Crippen LogP contribution in [0.3, 0.4) is 0 Å². The maximum atomic E-state index is 11.4. The lowest BCUT2D eigenvalue weighted by molar-refractivity contribution is -0.143. The molecular weight excluding hydrogens is 206 g/mol. The van der Waals surface area contributed by atoms with Gasteiger partial charge in [-0.2, -0.15) is 0 Å². The average Bonchev–Trinajstić information content (AvgIpc) is 2.76. The highest BCUT2D eigenvalue weighted by Gasteiger charge is 2.33. The third kappa shape index (κ3) is 4.10. The molecule has 0 aliphatic heterocycles. The molecule has 0 bridgehead atoms. The number of carbonyl (C=O) groups is 1. The van der Waals surface area contributed by atoms with Gasteiger partial charge in [-0.3, -0.25) is 10.1 Å². The number of hydrogen-bond donors (Lipinski definition) is 2. The largest absolute Gasteiger partial charge is 0.465 e. The second-order valence-electron chi connectivity index (χ2n) is 4.57. The molecule has 1 fully saturated rings. The molecule has 4 nitrogen and oxygen atoms in total. The van der Waals surface area contributed by atoms with Gasteiger partial charge in [-0.25, -0.2) is 0 Å². The van der Waals surface area contributed by atoms with Gasteiger partial charge in [0.1, 0.15) is 0 Å². The summed E-state index contributed by atoms with van der Waals surface area (Å²) in [5.41, 5.74) is -0.232. The van der Waals surface area contributed by atoms with Gasteiger partial charge in [0.2, 0.25) is 0 Å². The predicted octanol–water partition coefficient (Wildman–Crippen LogP) is 1.22. The molecule has 0 radical (unpaired) electrons. The minimum absolute atomic E-state index is 0.106. The van der Waals surface area contributed by atoms with Crippen molar-refractivity contribution < 1.29 is 14.6 Å². The van der Waals surface area contributed by atoms with Gasteiger partial charge in [0.05, 0.1) is 19.8 Å². The van der Waals surface area contributed by atoms with Crippen LogP contribution >= 0.6 is 0 Å². The number of ether oxygens (including phenoxy) is 1. The van der Waals surface area contributed by atoms with Gasteiger partial charge in [-0.15, -0.1) is 0 Å². The Morgan fingerprint density at radius 2 is 2.12 bits per heavy atom. The van der Waals surface area contributed by atoms with Crippen LogP contribution in [0.2, 0.25) is 0 Å². The zero-order valence-corrected chi connectivity index (χ0v) is 10.1. The Bertz CT molecular complexity index is 212. The minimum atomic E-state index is -0.232. The Hall–Kier alpha value is -0.610. The maximum Gasteiger partial charge on any atom is 0.319 e. The number of aliphatic hydroxyl groups excluding tert-OH is 1. The van der Waals surface area contributed by atoms with Crippen molar-refractivity contribution in [2.45, 2.75) is 51.0 Å². The molecule has 94 valence electrons. The normalized spacial score (nSPS) is 18.6. The van der Waals surface area contributed by atoms with Crippen molar-refractivity contribution in [2.75, 3.05) is 19.8 Å². The summed E-state index contributed by atoms with van der Waals surface area (Å²) in [6.45, 7) is 2.88. The quantitative estimate of drug-likeness (QED) is 0.509. The van der Waals surface area contributed by atoms with Gasteiger partial charge in [-0.05, 0) is 19.3 Å². The lowest BCUT2D eigenvalue weighted by Crippen LogP contribution is -2.48. The molecule has 0 aromatic carbocycles. The van der Waals surface area contributed by atoms with Crippen LogP contribution in [0.4, 0.5) is 0 Å². The summed E-state index contributed by atoms with van der Waals surface area (Å²) >= 11 is 0. The Labute approximate surface area is 97.4 Å². The van der Waals surface area contributed by atoms with E-state index in [4.69, 9.17) is 4.74 Å². The SMILES string of the molecule is CCCCOC(=O)CNC1(CO)CCCC1. The Kier molecular flexibility index (Phi) is 5.77. The topological polar surface area (TPSA) is 58.6 Å². The van der Waals surface area contributed by atoms with Crippen LogP contribution < -0.4 is 5.32 Å². The third-order valence-corrected chi connectivity index (χ3v) is 3.23. The summed E-state index contributed by atoms with van der Waals surface area (Å²) in [5, 5.41) is 12.5. The number of unbranched alkanes of at least 4 members (excludes halogenated alkanes) is 1. The summed E-state index contributed by atoms with van der Waals surface area (Å²) < 4.78 is 5.05. The van der Waals surface area contributed by atoms with E-state index in [1.54, 1.807) is 0 Å². The van der Waals surface area contributed by atoms with Gasteiger partial charge in [0.25, 0.3) is 0 Å². The van der Waals surface area contributed by atoms with Crippen LogP contribution in [-0.2, 0) is 9.53 Å². The van der Waals surface area contributed by atoms with Crippen LogP contribution in [0.5, 0.6) is 0 Å². The van der Waals surface area contributed by atoms with Crippen LogP contribution in [0.1, 0.15) is 45.4 Å². The number of carbonyl (C=O) groups excluding carboxylic acids is 1. The van der Waals surface area contributed by atoms with E-state index < -0.39 is 0 Å². The monoisotopic (exact) mass is 229 g/mol. The fraction of sp³-hybridized carbons (Fsp3) is 0.917. The Morgan fingerprint density at radius 1 is 1.44 bits per heavy atom. The summed E-state index contributed by atoms with van der Waals surface area (Å²) in [6.07, 6.45) is 6.09. The lowest BCUT2D eigenvalue weighted by Gasteiger charge is -2.27. The number of hydrogen-bond acceptors (Lipinski definition) is 4. The van der Waals surface area contributed by atoms with E-state index in [-0.39, 0.29) is 24.7 Å². The van der Waals surface area contributed by atoms with Gasteiger partial charge in [-0.1, -0.05) is 26.2 Å². The van der Waals surface area contributed by atoms with Crippen LogP contribution in [-0.4, -0.2) is 36.4 Å². The first-order chi connectivity index (χ1) is 7.72. The zero-order chi connectivity index (χ0) is 11.9. The Morgan fingerprint density at radius 3 is 2.69 bits per heavy atom. The number of esters is 1. The first-order valence-electron chi connectivity index (χ1n) is 6.24. The molecule has 0 heterocycles. The fourth-order valence-corrected chi connectivity index (χ4v) is 2.08. The number of aliphatic hydroxyl groups is 1. The third-order valence-electron chi connectivity index (χ3n) is 3.23. The smallest absolute Gasteiger partial charge is 0.319 e. The van der Waals surface area contributed by atoms with Crippen LogP contribution in [0.25, 0.3) is 0 Å². The first-order valence-corrected chi connectivity index (χ1v) is 6.24. The molecule has 2 N–H and O–H groups in total. The summed E-state index contributed by atoms with van der Waals surface area (Å²) in [6, 6.07) is 0. The molecule has 0 aromatic rings. The zero-order valence-electron chi connectivity index (χ0n) is 10.1. The fourth-order valence-electron chi connectivity index (χ4n) is 2.08. The Balaban J connectivity index is 2.19. The van der Waals surface area contributed by atoms with E-state index in [1.807, 2.05) is 0 Å². The maximum absolute atomic E-state index is 11.4.